The van der Waals surface area contributed by atoms with Crippen molar-refractivity contribution in [3.63, 3.8) is 0 Å². The molecule has 6 rings (SSSR count). The van der Waals surface area contributed by atoms with Crippen molar-refractivity contribution in [3.8, 4) is 11.5 Å². The van der Waals surface area contributed by atoms with Gasteiger partial charge in [-0.1, -0.05) is 49.7 Å². The highest BCUT2D eigenvalue weighted by Gasteiger charge is 2.75. The summed E-state index contributed by atoms with van der Waals surface area (Å²) in [5.74, 6) is 0.338. The minimum Gasteiger partial charge on any atom is -0.483 e. The van der Waals surface area contributed by atoms with E-state index < -0.39 is 23.1 Å². The highest BCUT2D eigenvalue weighted by molar-refractivity contribution is 5.92. The molecule has 8 nitrogen and oxygen atoms in total. The van der Waals surface area contributed by atoms with Crippen LogP contribution in [0.1, 0.15) is 69.2 Å². The number of carbonyl (C=O) groups excluding carboxylic acids is 3. The SMILES string of the molecule is CC(=O)Oc1ccc2c3c1O[C@H]1[C@@H](N(CC(C)C)C(=O)C=Cc4cccc(C)c4)CC[C@@]4(OC(C)=O)[C@@H](C2)N(C)CC[C@]314. The van der Waals surface area contributed by atoms with Crippen LogP contribution in [0.3, 0.4) is 0 Å². The van der Waals surface area contributed by atoms with Crippen molar-refractivity contribution in [1.29, 1.82) is 0 Å². The van der Waals surface area contributed by atoms with Crippen LogP contribution in [0.15, 0.2) is 42.5 Å². The molecule has 2 aliphatic heterocycles. The molecule has 1 saturated carbocycles. The Balaban J connectivity index is 1.49. The van der Waals surface area contributed by atoms with Crippen molar-refractivity contribution in [3.05, 3.63) is 64.7 Å². The van der Waals surface area contributed by atoms with Crippen molar-refractivity contribution >= 4 is 23.9 Å². The molecule has 2 fully saturated rings. The fourth-order valence-corrected chi connectivity index (χ4v) is 8.52. The van der Waals surface area contributed by atoms with E-state index in [1.54, 1.807) is 6.08 Å². The third kappa shape index (κ3) is 4.65. The number of piperidine rings is 1. The van der Waals surface area contributed by atoms with Gasteiger partial charge in [0, 0.05) is 32.0 Å². The van der Waals surface area contributed by atoms with Crippen molar-refractivity contribution in [2.45, 2.75) is 89.5 Å². The van der Waals surface area contributed by atoms with Gasteiger partial charge >= 0.3 is 11.9 Å². The smallest absolute Gasteiger partial charge is 0.308 e. The van der Waals surface area contributed by atoms with E-state index >= 15 is 0 Å². The molecular weight excluding hydrogens is 544 g/mol. The first-order chi connectivity index (χ1) is 20.5. The number of rotatable bonds is 7. The number of ether oxygens (including phenoxy) is 3. The number of likely N-dealkylation sites (N-methyl/N-ethyl adjacent to an activating group) is 1. The molecule has 0 aromatic heterocycles. The van der Waals surface area contributed by atoms with Crippen molar-refractivity contribution in [2.24, 2.45) is 5.92 Å². The zero-order valence-electron chi connectivity index (χ0n) is 26.0. The van der Waals surface area contributed by atoms with Gasteiger partial charge in [-0.15, -0.1) is 0 Å². The van der Waals surface area contributed by atoms with Crippen LogP contribution in [-0.2, 0) is 31.0 Å². The molecule has 1 amide bonds. The molecule has 2 bridgehead atoms. The third-order valence-electron chi connectivity index (χ3n) is 9.93. The summed E-state index contributed by atoms with van der Waals surface area (Å²) >= 11 is 0. The first kappa shape index (κ1) is 29.4. The van der Waals surface area contributed by atoms with Gasteiger partial charge in [0.25, 0.3) is 0 Å². The maximum absolute atomic E-state index is 14.1. The number of amides is 1. The Morgan fingerprint density at radius 3 is 2.63 bits per heavy atom. The second-order valence-electron chi connectivity index (χ2n) is 13.2. The Morgan fingerprint density at radius 1 is 1.14 bits per heavy atom. The molecule has 1 saturated heterocycles. The standard InChI is InChI=1S/C35H42N2O6/c1-21(2)20-37(30(40)13-10-25-9-7-8-22(3)18-25)27-14-15-35(43-24(5)39)29-19-26-11-12-28(41-23(4)38)32-31(26)34(35,33(27)42-32)16-17-36(29)6/h7-13,18,21,27,29,33H,14-17,19-20H2,1-6H3/t27-,29+,33-,34-,35+/m0/s1. The van der Waals surface area contributed by atoms with E-state index in [1.165, 1.54) is 13.8 Å². The monoisotopic (exact) mass is 586 g/mol. The first-order valence-corrected chi connectivity index (χ1v) is 15.4. The molecule has 2 heterocycles. The topological polar surface area (TPSA) is 85.4 Å². The van der Waals surface area contributed by atoms with E-state index in [9.17, 15) is 14.4 Å². The molecular formula is C35H42N2O6. The summed E-state index contributed by atoms with van der Waals surface area (Å²) in [4.78, 5) is 43.3. The number of carbonyl (C=O) groups is 3. The van der Waals surface area contributed by atoms with Crippen LogP contribution in [-0.4, -0.2) is 71.6 Å². The van der Waals surface area contributed by atoms with Crippen LogP contribution in [0.4, 0.5) is 0 Å². The summed E-state index contributed by atoms with van der Waals surface area (Å²) < 4.78 is 19.1. The van der Waals surface area contributed by atoms with Crippen LogP contribution in [0.2, 0.25) is 0 Å². The van der Waals surface area contributed by atoms with E-state index in [0.717, 1.165) is 28.8 Å². The number of nitrogens with zero attached hydrogens (tertiary/aromatic N) is 2. The van der Waals surface area contributed by atoms with E-state index in [4.69, 9.17) is 14.2 Å². The highest BCUT2D eigenvalue weighted by Crippen LogP contribution is 2.67. The summed E-state index contributed by atoms with van der Waals surface area (Å²) in [5, 5.41) is 0. The molecule has 8 heteroatoms. The Kier molecular flexibility index (Phi) is 7.40. The Bertz CT molecular complexity index is 1500. The average molecular weight is 587 g/mol. The van der Waals surface area contributed by atoms with Gasteiger partial charge in [0.05, 0.1) is 17.5 Å². The largest absolute Gasteiger partial charge is 0.483 e. The molecule has 5 atom stereocenters. The number of aryl methyl sites for hydroxylation is 1. The second kappa shape index (κ2) is 10.8. The zero-order valence-corrected chi connectivity index (χ0v) is 26.0. The van der Waals surface area contributed by atoms with Crippen molar-refractivity contribution in [2.75, 3.05) is 20.1 Å². The number of benzene rings is 2. The number of likely N-dealkylation sites (tertiary alicyclic amines) is 1. The van der Waals surface area contributed by atoms with Crippen LogP contribution in [0.25, 0.3) is 6.08 Å². The normalized spacial score (nSPS) is 28.8. The summed E-state index contributed by atoms with van der Waals surface area (Å²) in [6, 6.07) is 11.6. The summed E-state index contributed by atoms with van der Waals surface area (Å²) in [7, 11) is 2.10. The minimum atomic E-state index is -0.829. The molecule has 2 aromatic rings. The van der Waals surface area contributed by atoms with Crippen LogP contribution >= 0.6 is 0 Å². The number of esters is 2. The van der Waals surface area contributed by atoms with Crippen LogP contribution < -0.4 is 9.47 Å². The number of hydrogen-bond acceptors (Lipinski definition) is 7. The summed E-state index contributed by atoms with van der Waals surface area (Å²) in [5.41, 5.74) is 2.69. The fraction of sp³-hybridized carbons (Fsp3) is 0.514. The lowest BCUT2D eigenvalue weighted by atomic mass is 9.48. The van der Waals surface area contributed by atoms with E-state index in [0.29, 0.717) is 43.7 Å². The fourth-order valence-electron chi connectivity index (χ4n) is 8.52. The maximum atomic E-state index is 14.1. The molecule has 0 unspecified atom stereocenters. The van der Waals surface area contributed by atoms with Gasteiger partial charge in [0.1, 0.15) is 11.7 Å². The quantitative estimate of drug-likeness (QED) is 0.261. The molecule has 2 aliphatic carbocycles. The van der Waals surface area contributed by atoms with E-state index in [-0.39, 0.29) is 29.9 Å². The lowest BCUT2D eigenvalue weighted by Gasteiger charge is -2.65. The minimum absolute atomic E-state index is 0.0364. The molecule has 1 spiro atoms. The average Bonchev–Trinajstić information content (AvgIpc) is 3.29. The summed E-state index contributed by atoms with van der Waals surface area (Å²) in [6.45, 7) is 10.5. The third-order valence-corrected chi connectivity index (χ3v) is 9.93. The maximum Gasteiger partial charge on any atom is 0.308 e. The number of hydrogen-bond donors (Lipinski definition) is 0. The van der Waals surface area contributed by atoms with E-state index in [2.05, 4.69) is 31.9 Å². The molecule has 4 aliphatic rings. The summed E-state index contributed by atoms with van der Waals surface area (Å²) in [6.07, 6.45) is 5.68. The van der Waals surface area contributed by atoms with Gasteiger partial charge < -0.3 is 19.1 Å². The Labute approximate surface area is 254 Å². The highest BCUT2D eigenvalue weighted by atomic mass is 16.6. The predicted octanol–water partition coefficient (Wildman–Crippen LogP) is 4.84. The van der Waals surface area contributed by atoms with E-state index in [1.807, 2.05) is 48.2 Å². The molecule has 228 valence electrons. The first-order valence-electron chi connectivity index (χ1n) is 15.4. The van der Waals surface area contributed by atoms with Crippen molar-refractivity contribution < 1.29 is 28.6 Å². The molecule has 43 heavy (non-hydrogen) atoms. The van der Waals surface area contributed by atoms with Gasteiger partial charge in [-0.2, -0.15) is 0 Å². The van der Waals surface area contributed by atoms with Crippen LogP contribution in [0.5, 0.6) is 11.5 Å². The Hall–Kier alpha value is -3.65. The van der Waals surface area contributed by atoms with Gasteiger partial charge in [0.2, 0.25) is 5.91 Å². The van der Waals surface area contributed by atoms with Gasteiger partial charge in [0.15, 0.2) is 11.5 Å². The lowest BCUT2D eigenvalue weighted by molar-refractivity contribution is -0.221. The van der Waals surface area contributed by atoms with Gasteiger partial charge in [-0.05, 0) is 75.4 Å². The Morgan fingerprint density at radius 2 is 1.93 bits per heavy atom. The molecule has 2 aromatic carbocycles. The lowest BCUT2D eigenvalue weighted by Crippen LogP contribution is -2.79. The predicted molar refractivity (Wildman–Crippen MR) is 163 cm³/mol. The van der Waals surface area contributed by atoms with Crippen LogP contribution in [0, 0.1) is 12.8 Å². The van der Waals surface area contributed by atoms with Gasteiger partial charge in [-0.3, -0.25) is 19.3 Å². The van der Waals surface area contributed by atoms with Gasteiger partial charge in [-0.25, -0.2) is 0 Å². The molecule has 0 radical (unpaired) electrons. The second-order valence-corrected chi connectivity index (χ2v) is 13.2. The molecule has 0 N–H and O–H groups in total. The zero-order chi connectivity index (χ0) is 30.7. The van der Waals surface area contributed by atoms with Crippen molar-refractivity contribution in [1.82, 2.24) is 9.80 Å².